The number of nitro benzene ring substituents is 1. The van der Waals surface area contributed by atoms with Gasteiger partial charge in [-0.25, -0.2) is 0 Å². The number of ether oxygens (including phenoxy) is 2. The molecule has 0 heterocycles. The average molecular weight is 316 g/mol. The van der Waals surface area contributed by atoms with E-state index in [2.05, 4.69) is 15.9 Å². The molecule has 0 spiro atoms. The van der Waals surface area contributed by atoms with Gasteiger partial charge in [-0.1, -0.05) is 15.9 Å². The summed E-state index contributed by atoms with van der Waals surface area (Å²) in [5.41, 5.74) is 0.924. The zero-order valence-corrected chi connectivity index (χ0v) is 11.7. The maximum Gasteiger partial charge on any atom is 0.273 e. The van der Waals surface area contributed by atoms with Crippen LogP contribution in [0.5, 0.6) is 5.75 Å². The van der Waals surface area contributed by atoms with Crippen LogP contribution >= 0.6 is 15.9 Å². The topological polar surface area (TPSA) is 61.6 Å². The molecule has 6 heteroatoms. The zero-order valence-electron chi connectivity index (χ0n) is 10.1. The standard InChI is InChI=1S/C12H14BrNO4/c1-7-3-4-8(14(15)16)5-10(7)18-11-6-9(13)12(11)17-2/h3-5,9,11-12H,6H2,1-2H3. The summed E-state index contributed by atoms with van der Waals surface area (Å²) in [4.78, 5) is 10.6. The molecule has 1 aromatic rings. The molecule has 98 valence electrons. The Morgan fingerprint density at radius 3 is 2.78 bits per heavy atom. The number of rotatable bonds is 4. The van der Waals surface area contributed by atoms with E-state index >= 15 is 0 Å². The van der Waals surface area contributed by atoms with Gasteiger partial charge in [0, 0.05) is 24.4 Å². The number of aryl methyl sites for hydroxylation is 1. The maximum absolute atomic E-state index is 10.7. The minimum absolute atomic E-state index is 0.0105. The van der Waals surface area contributed by atoms with E-state index in [1.54, 1.807) is 13.2 Å². The second-order valence-corrected chi connectivity index (χ2v) is 5.49. The molecule has 1 aromatic carbocycles. The Balaban J connectivity index is 2.14. The predicted molar refractivity (Wildman–Crippen MR) is 70.4 cm³/mol. The molecule has 3 atom stereocenters. The summed E-state index contributed by atoms with van der Waals surface area (Å²) in [7, 11) is 1.63. The van der Waals surface area contributed by atoms with E-state index < -0.39 is 4.92 Å². The Morgan fingerprint density at radius 2 is 2.22 bits per heavy atom. The van der Waals surface area contributed by atoms with Crippen LogP contribution < -0.4 is 4.74 Å². The van der Waals surface area contributed by atoms with E-state index in [0.29, 0.717) is 5.75 Å². The Labute approximate surface area is 113 Å². The monoisotopic (exact) mass is 315 g/mol. The number of nitro groups is 1. The first-order chi connectivity index (χ1) is 8.52. The SMILES string of the molecule is COC1C(Br)CC1Oc1cc([N+](=O)[O-])ccc1C. The number of nitrogens with zero attached hydrogens (tertiary/aromatic N) is 1. The Hall–Kier alpha value is -1.14. The minimum atomic E-state index is -0.422. The summed E-state index contributed by atoms with van der Waals surface area (Å²) in [6.45, 7) is 1.87. The third kappa shape index (κ3) is 2.49. The van der Waals surface area contributed by atoms with Crippen molar-refractivity contribution in [2.24, 2.45) is 0 Å². The molecule has 0 radical (unpaired) electrons. The van der Waals surface area contributed by atoms with Gasteiger partial charge in [-0.2, -0.15) is 0 Å². The molecule has 1 saturated carbocycles. The second kappa shape index (κ2) is 5.24. The molecule has 1 aliphatic carbocycles. The summed E-state index contributed by atoms with van der Waals surface area (Å²) >= 11 is 3.48. The Kier molecular flexibility index (Phi) is 3.87. The number of methoxy groups -OCH3 is 1. The van der Waals surface area contributed by atoms with Gasteiger partial charge in [0.15, 0.2) is 0 Å². The number of hydrogen-bond donors (Lipinski definition) is 0. The van der Waals surface area contributed by atoms with Gasteiger partial charge >= 0.3 is 0 Å². The molecule has 0 aliphatic heterocycles. The van der Waals surface area contributed by atoms with Gasteiger partial charge in [0.25, 0.3) is 5.69 Å². The van der Waals surface area contributed by atoms with E-state index in [4.69, 9.17) is 9.47 Å². The number of hydrogen-bond acceptors (Lipinski definition) is 4. The normalized spacial score (nSPS) is 26.5. The molecule has 0 N–H and O–H groups in total. The molecule has 1 aliphatic rings. The lowest BCUT2D eigenvalue weighted by Gasteiger charge is -2.40. The molecule has 0 amide bonds. The first-order valence-corrected chi connectivity index (χ1v) is 6.53. The van der Waals surface area contributed by atoms with Crippen LogP contribution in [0.1, 0.15) is 12.0 Å². The van der Waals surface area contributed by atoms with Crippen LogP contribution in [0.4, 0.5) is 5.69 Å². The fraction of sp³-hybridized carbons (Fsp3) is 0.500. The second-order valence-electron chi connectivity index (χ2n) is 4.32. The van der Waals surface area contributed by atoms with Gasteiger partial charge in [0.05, 0.1) is 11.0 Å². The fourth-order valence-electron chi connectivity index (χ4n) is 1.93. The van der Waals surface area contributed by atoms with Crippen LogP contribution in [-0.2, 0) is 4.74 Å². The van der Waals surface area contributed by atoms with E-state index in [1.807, 2.05) is 6.92 Å². The van der Waals surface area contributed by atoms with Crippen LogP contribution in [0, 0.1) is 17.0 Å². The van der Waals surface area contributed by atoms with Crippen LogP contribution in [0.15, 0.2) is 18.2 Å². The number of non-ortho nitro benzene ring substituents is 1. The van der Waals surface area contributed by atoms with Crippen molar-refractivity contribution in [2.45, 2.75) is 30.4 Å². The van der Waals surface area contributed by atoms with Gasteiger partial charge in [0.1, 0.15) is 18.0 Å². The summed E-state index contributed by atoms with van der Waals surface area (Å²) in [6, 6.07) is 4.63. The van der Waals surface area contributed by atoms with Crippen LogP contribution in [0.3, 0.4) is 0 Å². The number of alkyl halides is 1. The maximum atomic E-state index is 10.7. The first kappa shape index (κ1) is 13.3. The van der Waals surface area contributed by atoms with E-state index in [9.17, 15) is 10.1 Å². The number of halogens is 1. The van der Waals surface area contributed by atoms with Crippen molar-refractivity contribution in [2.75, 3.05) is 7.11 Å². The van der Waals surface area contributed by atoms with Crippen molar-refractivity contribution in [3.63, 3.8) is 0 Å². The third-order valence-corrected chi connectivity index (χ3v) is 4.01. The fourth-order valence-corrected chi connectivity index (χ4v) is 2.86. The Bertz CT molecular complexity index is 465. The van der Waals surface area contributed by atoms with Crippen molar-refractivity contribution in [3.8, 4) is 5.75 Å². The number of benzene rings is 1. The van der Waals surface area contributed by atoms with Gasteiger partial charge in [-0.05, 0) is 18.6 Å². The molecule has 2 rings (SSSR count). The largest absolute Gasteiger partial charge is 0.487 e. The lowest BCUT2D eigenvalue weighted by molar-refractivity contribution is -0.385. The minimum Gasteiger partial charge on any atom is -0.487 e. The highest BCUT2D eigenvalue weighted by molar-refractivity contribution is 9.09. The highest BCUT2D eigenvalue weighted by atomic mass is 79.9. The van der Waals surface area contributed by atoms with Crippen LogP contribution in [-0.4, -0.2) is 29.1 Å². The first-order valence-electron chi connectivity index (χ1n) is 5.61. The van der Waals surface area contributed by atoms with Crippen molar-refractivity contribution in [1.29, 1.82) is 0 Å². The van der Waals surface area contributed by atoms with Gasteiger partial charge < -0.3 is 9.47 Å². The third-order valence-electron chi connectivity index (χ3n) is 3.11. The van der Waals surface area contributed by atoms with Crippen LogP contribution in [0.25, 0.3) is 0 Å². The Morgan fingerprint density at radius 1 is 1.50 bits per heavy atom. The molecule has 0 bridgehead atoms. The molecule has 3 unspecified atom stereocenters. The molecule has 1 fully saturated rings. The summed E-state index contributed by atoms with van der Waals surface area (Å²) < 4.78 is 11.1. The quantitative estimate of drug-likeness (QED) is 0.487. The average Bonchev–Trinajstić information content (AvgIpc) is 2.31. The van der Waals surface area contributed by atoms with Crippen LogP contribution in [0.2, 0.25) is 0 Å². The summed E-state index contributed by atoms with van der Waals surface area (Å²) in [5, 5.41) is 10.7. The molecule has 0 saturated heterocycles. The molecule has 0 aromatic heterocycles. The highest BCUT2D eigenvalue weighted by Gasteiger charge is 2.42. The van der Waals surface area contributed by atoms with Crippen molar-refractivity contribution in [1.82, 2.24) is 0 Å². The molecular weight excluding hydrogens is 302 g/mol. The van der Waals surface area contributed by atoms with Gasteiger partial charge in [-0.3, -0.25) is 10.1 Å². The smallest absolute Gasteiger partial charge is 0.273 e. The molecule has 18 heavy (non-hydrogen) atoms. The van der Waals surface area contributed by atoms with Crippen molar-refractivity contribution >= 4 is 21.6 Å². The van der Waals surface area contributed by atoms with Crippen molar-refractivity contribution < 1.29 is 14.4 Å². The predicted octanol–water partition coefficient (Wildman–Crippen LogP) is 2.83. The summed E-state index contributed by atoms with van der Waals surface area (Å²) in [6.07, 6.45) is 0.768. The lowest BCUT2D eigenvalue weighted by Crippen LogP contribution is -2.51. The zero-order chi connectivity index (χ0) is 13.3. The lowest BCUT2D eigenvalue weighted by atomic mass is 9.91. The highest BCUT2D eigenvalue weighted by Crippen LogP contribution is 2.35. The molecule has 5 nitrogen and oxygen atoms in total. The van der Waals surface area contributed by atoms with E-state index in [-0.39, 0.29) is 22.7 Å². The van der Waals surface area contributed by atoms with Gasteiger partial charge in [0.2, 0.25) is 0 Å². The van der Waals surface area contributed by atoms with E-state index in [1.165, 1.54) is 12.1 Å². The van der Waals surface area contributed by atoms with Crippen molar-refractivity contribution in [3.05, 3.63) is 33.9 Å². The van der Waals surface area contributed by atoms with Gasteiger partial charge in [-0.15, -0.1) is 0 Å². The van der Waals surface area contributed by atoms with E-state index in [0.717, 1.165) is 12.0 Å². The summed E-state index contributed by atoms with van der Waals surface area (Å²) in [5.74, 6) is 0.552. The molecular formula is C12H14BrNO4.